The van der Waals surface area contributed by atoms with Gasteiger partial charge in [-0.2, -0.15) is 0 Å². The molecule has 0 spiro atoms. The minimum Gasteiger partial charge on any atom is -0.465 e. The highest BCUT2D eigenvalue weighted by molar-refractivity contribution is 6.31. The number of methoxy groups -OCH3 is 2. The number of rotatable bonds is 7. The summed E-state index contributed by atoms with van der Waals surface area (Å²) in [5.41, 5.74) is 7.97. The van der Waals surface area contributed by atoms with Gasteiger partial charge in [-0.05, 0) is 125 Å². The van der Waals surface area contributed by atoms with E-state index >= 15 is 0 Å². The fourth-order valence-corrected chi connectivity index (χ4v) is 6.13. The van der Waals surface area contributed by atoms with Gasteiger partial charge in [-0.1, -0.05) is 47.5 Å². The maximum absolute atomic E-state index is 13.2. The molecule has 0 atom stereocenters. The summed E-state index contributed by atoms with van der Waals surface area (Å²) in [5.74, 6) is -1.02. The summed E-state index contributed by atoms with van der Waals surface area (Å²) in [6, 6.07) is 33.4. The average Bonchev–Trinajstić information content (AvgIpc) is 3.76. The largest absolute Gasteiger partial charge is 0.465 e. The van der Waals surface area contributed by atoms with Gasteiger partial charge in [0.25, 0.3) is 0 Å². The number of hydrogen-bond donors (Lipinski definition) is 1. The normalized spacial score (nSPS) is 10.9. The van der Waals surface area contributed by atoms with Crippen molar-refractivity contribution in [2.24, 2.45) is 0 Å². The van der Waals surface area contributed by atoms with E-state index in [0.717, 1.165) is 49.7 Å². The predicted molar refractivity (Wildman–Crippen MR) is 193 cm³/mol. The van der Waals surface area contributed by atoms with Crippen LogP contribution in [0.25, 0.3) is 27.5 Å². The van der Waals surface area contributed by atoms with Crippen molar-refractivity contribution in [1.82, 2.24) is 9.55 Å². The first kappa shape index (κ1) is 33.5. The lowest BCUT2D eigenvalue weighted by Gasteiger charge is -2.10. The Balaban J connectivity index is 0.000000177. The molecule has 0 aliphatic heterocycles. The maximum Gasteiger partial charge on any atom is 0.338 e. The SMILES string of the molecule is COC(=O)c1cc(Cl)ccc1Cc1ccc2[nH]ccc2c1.COC(=O)c1cc(Cl)ccc1Cc1ccc2c(ccn2-c2ccc(F)cc2)c1. The van der Waals surface area contributed by atoms with E-state index in [1.807, 2.05) is 59.4 Å². The lowest BCUT2D eigenvalue weighted by atomic mass is 9.99. The standard InChI is InChI=1S/C23H17ClFNO2.C17H14ClNO2/c1-28-23(27)21-14-18(24)4-3-16(21)12-15-2-9-22-17(13-15)10-11-26(22)20-7-5-19(25)6-8-20;1-21-17(20)15-10-14(18)4-3-12(15)8-11-2-5-16-13(9-11)6-7-19-16/h2-11,13-14H,12H2,1H3;2-7,9-10,19H,8H2,1H3. The van der Waals surface area contributed by atoms with Crippen molar-refractivity contribution < 1.29 is 23.5 Å². The van der Waals surface area contributed by atoms with Crippen LogP contribution in [-0.4, -0.2) is 35.7 Å². The van der Waals surface area contributed by atoms with Crippen LogP contribution in [0.5, 0.6) is 0 Å². The molecule has 0 saturated heterocycles. The zero-order valence-corrected chi connectivity index (χ0v) is 28.2. The average molecular weight is 694 g/mol. The third kappa shape index (κ3) is 7.70. The van der Waals surface area contributed by atoms with Crippen LogP contribution in [-0.2, 0) is 22.3 Å². The van der Waals surface area contributed by atoms with Crippen LogP contribution in [0.1, 0.15) is 43.0 Å². The summed E-state index contributed by atoms with van der Waals surface area (Å²) >= 11 is 12.0. The molecule has 2 aromatic heterocycles. The molecule has 0 aliphatic rings. The Hall–Kier alpha value is -5.37. The lowest BCUT2D eigenvalue weighted by Crippen LogP contribution is -2.06. The molecule has 1 N–H and O–H groups in total. The molecule has 7 aromatic rings. The Kier molecular flexibility index (Phi) is 10.1. The van der Waals surface area contributed by atoms with Crippen molar-refractivity contribution in [3.63, 3.8) is 0 Å². The van der Waals surface area contributed by atoms with E-state index in [0.29, 0.717) is 34.0 Å². The van der Waals surface area contributed by atoms with Crippen molar-refractivity contribution in [3.8, 4) is 5.69 Å². The van der Waals surface area contributed by atoms with Gasteiger partial charge < -0.3 is 19.0 Å². The molecule has 9 heteroatoms. The topological polar surface area (TPSA) is 73.3 Å². The summed E-state index contributed by atoms with van der Waals surface area (Å²) in [5, 5.41) is 3.24. The molecule has 0 unspecified atom stereocenters. The zero-order chi connectivity index (χ0) is 34.5. The van der Waals surface area contributed by atoms with Gasteiger partial charge >= 0.3 is 11.9 Å². The Morgan fingerprint density at radius 3 is 1.84 bits per heavy atom. The quantitative estimate of drug-likeness (QED) is 0.169. The zero-order valence-electron chi connectivity index (χ0n) is 26.7. The van der Waals surface area contributed by atoms with E-state index in [1.165, 1.54) is 26.4 Å². The second kappa shape index (κ2) is 14.8. The van der Waals surface area contributed by atoms with Crippen LogP contribution < -0.4 is 0 Å². The van der Waals surface area contributed by atoms with Gasteiger partial charge in [-0.25, -0.2) is 14.0 Å². The fraction of sp³-hybridized carbons (Fsp3) is 0.100. The van der Waals surface area contributed by atoms with Crippen molar-refractivity contribution in [2.45, 2.75) is 12.8 Å². The number of benzene rings is 5. The third-order valence-corrected chi connectivity index (χ3v) is 8.69. The van der Waals surface area contributed by atoms with Crippen LogP contribution in [0.4, 0.5) is 4.39 Å². The fourth-order valence-electron chi connectivity index (χ4n) is 5.79. The van der Waals surface area contributed by atoms with Gasteiger partial charge in [-0.15, -0.1) is 0 Å². The summed E-state index contributed by atoms with van der Waals surface area (Å²) < 4.78 is 24.9. The monoisotopic (exact) mass is 692 g/mol. The van der Waals surface area contributed by atoms with Crippen LogP contribution in [0.3, 0.4) is 0 Å². The number of esters is 2. The molecule has 0 radical (unpaired) electrons. The first-order valence-corrected chi connectivity index (χ1v) is 16.1. The lowest BCUT2D eigenvalue weighted by molar-refractivity contribution is 0.0590. The van der Waals surface area contributed by atoms with Crippen molar-refractivity contribution in [3.05, 3.63) is 171 Å². The van der Waals surface area contributed by atoms with Crippen LogP contribution in [0.15, 0.2) is 122 Å². The van der Waals surface area contributed by atoms with Crippen molar-refractivity contribution in [2.75, 3.05) is 14.2 Å². The summed E-state index contributed by atoms with van der Waals surface area (Å²) in [6.07, 6.45) is 5.11. The minimum atomic E-state index is -0.402. The first-order chi connectivity index (χ1) is 23.7. The number of aromatic nitrogens is 2. The van der Waals surface area contributed by atoms with E-state index < -0.39 is 5.97 Å². The first-order valence-electron chi connectivity index (χ1n) is 15.4. The molecule has 0 saturated carbocycles. The van der Waals surface area contributed by atoms with E-state index in [-0.39, 0.29) is 11.8 Å². The number of halogens is 3. The summed E-state index contributed by atoms with van der Waals surface area (Å²) in [7, 11) is 2.73. The number of nitrogens with one attached hydrogen (secondary N) is 1. The number of nitrogens with zero attached hydrogens (tertiary/aromatic N) is 1. The summed E-state index contributed by atoms with van der Waals surface area (Å²) in [4.78, 5) is 27.1. The number of carbonyl (C=O) groups excluding carboxylic acids is 2. The van der Waals surface area contributed by atoms with Crippen LogP contribution in [0, 0.1) is 5.82 Å². The number of carbonyl (C=O) groups is 2. The van der Waals surface area contributed by atoms with Crippen LogP contribution in [0.2, 0.25) is 10.0 Å². The van der Waals surface area contributed by atoms with Gasteiger partial charge in [0.05, 0.1) is 30.9 Å². The maximum atomic E-state index is 13.2. The van der Waals surface area contributed by atoms with Crippen molar-refractivity contribution in [1.29, 1.82) is 0 Å². The molecule has 7 rings (SSSR count). The molecule has 0 aliphatic carbocycles. The number of aromatic amines is 1. The summed E-state index contributed by atoms with van der Waals surface area (Å²) in [6.45, 7) is 0. The Morgan fingerprint density at radius 2 is 1.24 bits per heavy atom. The Bertz CT molecular complexity index is 2290. The smallest absolute Gasteiger partial charge is 0.338 e. The second-order valence-corrected chi connectivity index (χ2v) is 12.3. The molecule has 2 heterocycles. The van der Waals surface area contributed by atoms with Crippen LogP contribution >= 0.6 is 23.2 Å². The second-order valence-electron chi connectivity index (χ2n) is 11.4. The van der Waals surface area contributed by atoms with Gasteiger partial charge in [0, 0.05) is 39.0 Å². The number of fused-ring (bicyclic) bond motifs is 2. The van der Waals surface area contributed by atoms with Gasteiger partial charge in [-0.3, -0.25) is 0 Å². The molecule has 0 bridgehead atoms. The molecular weight excluding hydrogens is 662 g/mol. The molecule has 49 heavy (non-hydrogen) atoms. The Labute approximate surface area is 292 Å². The van der Waals surface area contributed by atoms with E-state index in [4.69, 9.17) is 32.7 Å². The predicted octanol–water partition coefficient (Wildman–Crippen LogP) is 10.00. The van der Waals surface area contributed by atoms with E-state index in [1.54, 1.807) is 36.4 Å². The number of ether oxygens (including phenoxy) is 2. The molecule has 5 aromatic carbocycles. The van der Waals surface area contributed by atoms with Gasteiger partial charge in [0.1, 0.15) is 5.82 Å². The molecule has 0 fully saturated rings. The minimum absolute atomic E-state index is 0.258. The molecular formula is C40H31Cl2FN2O4. The molecule has 246 valence electrons. The highest BCUT2D eigenvalue weighted by atomic mass is 35.5. The third-order valence-electron chi connectivity index (χ3n) is 8.22. The molecule has 0 amide bonds. The highest BCUT2D eigenvalue weighted by Crippen LogP contribution is 2.26. The van der Waals surface area contributed by atoms with Gasteiger partial charge in [0.2, 0.25) is 0 Å². The molecule has 6 nitrogen and oxygen atoms in total. The van der Waals surface area contributed by atoms with E-state index in [9.17, 15) is 14.0 Å². The van der Waals surface area contributed by atoms with E-state index in [2.05, 4.69) is 23.2 Å². The Morgan fingerprint density at radius 1 is 0.673 bits per heavy atom. The number of H-pyrrole nitrogens is 1. The van der Waals surface area contributed by atoms with Gasteiger partial charge in [0.15, 0.2) is 0 Å². The highest BCUT2D eigenvalue weighted by Gasteiger charge is 2.15. The number of hydrogen-bond acceptors (Lipinski definition) is 4. The van der Waals surface area contributed by atoms with Crippen molar-refractivity contribution >= 4 is 56.9 Å².